The molecule has 0 radical (unpaired) electrons. The van der Waals surface area contributed by atoms with Crippen LogP contribution in [-0.2, 0) is 5.41 Å². The summed E-state index contributed by atoms with van der Waals surface area (Å²) in [5, 5.41) is -0.0460. The SMILES string of the molecule is Cc1nc(C2(c3ccccc3)CCCC2)ncc1C(C)Cl. The van der Waals surface area contributed by atoms with Crippen molar-refractivity contribution in [2.45, 2.75) is 50.3 Å². The van der Waals surface area contributed by atoms with Crippen LogP contribution in [-0.4, -0.2) is 9.97 Å². The molecule has 0 bridgehead atoms. The Balaban J connectivity index is 2.09. The molecule has 1 aromatic heterocycles. The summed E-state index contributed by atoms with van der Waals surface area (Å²) < 4.78 is 0. The van der Waals surface area contributed by atoms with Gasteiger partial charge < -0.3 is 0 Å². The highest BCUT2D eigenvalue weighted by Crippen LogP contribution is 2.45. The maximum absolute atomic E-state index is 6.19. The molecular weight excluding hydrogens is 280 g/mol. The minimum Gasteiger partial charge on any atom is -0.240 e. The van der Waals surface area contributed by atoms with Gasteiger partial charge in [0.15, 0.2) is 0 Å². The van der Waals surface area contributed by atoms with E-state index in [1.54, 1.807) is 0 Å². The first-order chi connectivity index (χ1) is 10.1. The number of halogens is 1. The Kier molecular flexibility index (Phi) is 3.99. The van der Waals surface area contributed by atoms with Crippen LogP contribution in [0.4, 0.5) is 0 Å². The molecule has 1 aliphatic carbocycles. The highest BCUT2D eigenvalue weighted by Gasteiger charge is 2.40. The van der Waals surface area contributed by atoms with Gasteiger partial charge in [-0.05, 0) is 32.3 Å². The van der Waals surface area contributed by atoms with Gasteiger partial charge in [0, 0.05) is 17.5 Å². The number of benzene rings is 1. The maximum atomic E-state index is 6.19. The molecular formula is C18H21ClN2. The number of aromatic nitrogens is 2. The van der Waals surface area contributed by atoms with E-state index in [9.17, 15) is 0 Å². The molecule has 1 aliphatic rings. The molecule has 1 atom stereocenters. The summed E-state index contributed by atoms with van der Waals surface area (Å²) in [7, 11) is 0. The lowest BCUT2D eigenvalue weighted by atomic mass is 9.78. The summed E-state index contributed by atoms with van der Waals surface area (Å²) in [5.41, 5.74) is 3.36. The Morgan fingerprint density at radius 3 is 2.38 bits per heavy atom. The van der Waals surface area contributed by atoms with Crippen LogP contribution >= 0.6 is 11.6 Å². The van der Waals surface area contributed by atoms with Crippen LogP contribution in [0.25, 0.3) is 0 Å². The van der Waals surface area contributed by atoms with E-state index in [1.807, 2.05) is 20.0 Å². The monoisotopic (exact) mass is 300 g/mol. The smallest absolute Gasteiger partial charge is 0.139 e. The fourth-order valence-corrected chi connectivity index (χ4v) is 3.69. The lowest BCUT2D eigenvalue weighted by Crippen LogP contribution is -2.27. The third-order valence-corrected chi connectivity index (χ3v) is 4.89. The fourth-order valence-electron chi connectivity index (χ4n) is 3.47. The van der Waals surface area contributed by atoms with Crippen molar-refractivity contribution in [3.8, 4) is 0 Å². The average Bonchev–Trinajstić information content (AvgIpc) is 2.98. The predicted molar refractivity (Wildman–Crippen MR) is 86.7 cm³/mol. The highest BCUT2D eigenvalue weighted by atomic mass is 35.5. The quantitative estimate of drug-likeness (QED) is 0.750. The molecule has 3 rings (SSSR count). The summed E-state index contributed by atoms with van der Waals surface area (Å²) in [6.45, 7) is 4.00. The zero-order valence-corrected chi connectivity index (χ0v) is 13.4. The van der Waals surface area contributed by atoms with E-state index in [4.69, 9.17) is 21.6 Å². The molecule has 2 nitrogen and oxygen atoms in total. The van der Waals surface area contributed by atoms with Crippen molar-refractivity contribution in [2.24, 2.45) is 0 Å². The van der Waals surface area contributed by atoms with E-state index < -0.39 is 0 Å². The summed E-state index contributed by atoms with van der Waals surface area (Å²) >= 11 is 6.19. The van der Waals surface area contributed by atoms with Gasteiger partial charge in [-0.3, -0.25) is 0 Å². The van der Waals surface area contributed by atoms with Gasteiger partial charge in [0.25, 0.3) is 0 Å². The van der Waals surface area contributed by atoms with Crippen LogP contribution < -0.4 is 0 Å². The molecule has 0 spiro atoms. The Morgan fingerprint density at radius 1 is 1.14 bits per heavy atom. The number of aryl methyl sites for hydroxylation is 1. The van der Waals surface area contributed by atoms with Crippen LogP contribution in [0, 0.1) is 6.92 Å². The molecule has 0 amide bonds. The minimum atomic E-state index is -0.0460. The van der Waals surface area contributed by atoms with Gasteiger partial charge in [-0.1, -0.05) is 43.2 Å². The molecule has 0 N–H and O–H groups in total. The second kappa shape index (κ2) is 5.76. The molecule has 1 unspecified atom stereocenters. The standard InChI is InChI=1S/C18H21ClN2/c1-13(19)16-12-20-17(21-14(16)2)18(10-6-7-11-18)15-8-4-3-5-9-15/h3-5,8-9,12-13H,6-7,10-11H2,1-2H3. The zero-order valence-electron chi connectivity index (χ0n) is 12.6. The van der Waals surface area contributed by atoms with Gasteiger partial charge >= 0.3 is 0 Å². The molecule has 0 aliphatic heterocycles. The van der Waals surface area contributed by atoms with Crippen molar-refractivity contribution in [1.29, 1.82) is 0 Å². The van der Waals surface area contributed by atoms with E-state index in [2.05, 4.69) is 30.3 Å². The molecule has 110 valence electrons. The number of alkyl halides is 1. The van der Waals surface area contributed by atoms with Gasteiger partial charge in [-0.25, -0.2) is 9.97 Å². The van der Waals surface area contributed by atoms with Crippen molar-refractivity contribution in [3.05, 3.63) is 59.2 Å². The van der Waals surface area contributed by atoms with Crippen LogP contribution in [0.3, 0.4) is 0 Å². The maximum Gasteiger partial charge on any atom is 0.139 e. The van der Waals surface area contributed by atoms with Crippen LogP contribution in [0.15, 0.2) is 36.5 Å². The lowest BCUT2D eigenvalue weighted by Gasteiger charge is -2.28. The Hall–Kier alpha value is -1.41. The summed E-state index contributed by atoms with van der Waals surface area (Å²) in [4.78, 5) is 9.53. The molecule has 21 heavy (non-hydrogen) atoms. The summed E-state index contributed by atoms with van der Waals surface area (Å²) in [5.74, 6) is 0.963. The van der Waals surface area contributed by atoms with E-state index in [1.165, 1.54) is 18.4 Å². The van der Waals surface area contributed by atoms with E-state index in [-0.39, 0.29) is 10.8 Å². The first kappa shape index (κ1) is 14.5. The minimum absolute atomic E-state index is 0.0138. The van der Waals surface area contributed by atoms with E-state index in [0.717, 1.165) is 29.9 Å². The third-order valence-electron chi connectivity index (χ3n) is 4.66. The molecule has 2 aromatic rings. The molecule has 1 fully saturated rings. The summed E-state index contributed by atoms with van der Waals surface area (Å²) in [6.07, 6.45) is 6.66. The topological polar surface area (TPSA) is 25.8 Å². The largest absolute Gasteiger partial charge is 0.240 e. The second-order valence-electron chi connectivity index (χ2n) is 6.01. The third kappa shape index (κ3) is 2.57. The van der Waals surface area contributed by atoms with Gasteiger partial charge in [0.2, 0.25) is 0 Å². The number of nitrogens with zero attached hydrogens (tertiary/aromatic N) is 2. The molecule has 1 aromatic carbocycles. The average molecular weight is 301 g/mol. The van der Waals surface area contributed by atoms with E-state index in [0.29, 0.717) is 0 Å². The number of hydrogen-bond acceptors (Lipinski definition) is 2. The molecule has 0 saturated heterocycles. The zero-order chi connectivity index (χ0) is 14.9. The number of hydrogen-bond donors (Lipinski definition) is 0. The molecule has 1 saturated carbocycles. The van der Waals surface area contributed by atoms with Crippen molar-refractivity contribution in [2.75, 3.05) is 0 Å². The van der Waals surface area contributed by atoms with E-state index >= 15 is 0 Å². The van der Waals surface area contributed by atoms with Crippen molar-refractivity contribution in [1.82, 2.24) is 9.97 Å². The van der Waals surface area contributed by atoms with Crippen molar-refractivity contribution >= 4 is 11.6 Å². The molecule has 1 heterocycles. The van der Waals surface area contributed by atoms with Crippen LogP contribution in [0.5, 0.6) is 0 Å². The Morgan fingerprint density at radius 2 is 1.81 bits per heavy atom. The summed E-state index contributed by atoms with van der Waals surface area (Å²) in [6, 6.07) is 10.7. The van der Waals surface area contributed by atoms with Crippen molar-refractivity contribution in [3.63, 3.8) is 0 Å². The van der Waals surface area contributed by atoms with Gasteiger partial charge in [0.05, 0.1) is 10.8 Å². The second-order valence-corrected chi connectivity index (χ2v) is 6.66. The number of rotatable bonds is 3. The van der Waals surface area contributed by atoms with Crippen molar-refractivity contribution < 1.29 is 0 Å². The Bertz CT molecular complexity index is 616. The highest BCUT2D eigenvalue weighted by molar-refractivity contribution is 6.20. The van der Waals surface area contributed by atoms with Gasteiger partial charge in [-0.15, -0.1) is 11.6 Å². The molecule has 3 heteroatoms. The fraction of sp³-hybridized carbons (Fsp3) is 0.444. The first-order valence-corrected chi connectivity index (χ1v) is 8.11. The lowest BCUT2D eigenvalue weighted by molar-refractivity contribution is 0.496. The van der Waals surface area contributed by atoms with Crippen LogP contribution in [0.1, 0.15) is 60.6 Å². The first-order valence-electron chi connectivity index (χ1n) is 7.67. The normalized spacial score (nSPS) is 18.6. The van der Waals surface area contributed by atoms with Crippen LogP contribution in [0.2, 0.25) is 0 Å². The Labute approximate surface area is 131 Å². The van der Waals surface area contributed by atoms with Gasteiger partial charge in [0.1, 0.15) is 5.82 Å². The predicted octanol–water partition coefficient (Wildman–Crippen LogP) is 4.94. The van der Waals surface area contributed by atoms with Gasteiger partial charge in [-0.2, -0.15) is 0 Å².